The zero-order chi connectivity index (χ0) is 18.4. The van der Waals surface area contributed by atoms with Gasteiger partial charge in [0, 0.05) is 17.5 Å². The van der Waals surface area contributed by atoms with Crippen molar-refractivity contribution < 1.29 is 5.11 Å². The summed E-state index contributed by atoms with van der Waals surface area (Å²) in [7, 11) is 0. The van der Waals surface area contributed by atoms with Crippen LogP contribution < -0.4 is 0 Å². The number of aromatic nitrogens is 1. The van der Waals surface area contributed by atoms with Crippen molar-refractivity contribution in [3.63, 3.8) is 0 Å². The van der Waals surface area contributed by atoms with Crippen molar-refractivity contribution in [3.8, 4) is 11.3 Å². The molecule has 3 rings (SSSR count). The molecule has 1 atom stereocenters. The third-order valence-electron chi connectivity index (χ3n) is 4.69. The van der Waals surface area contributed by atoms with Crippen LogP contribution in [0.2, 0.25) is 0 Å². The molecule has 1 heterocycles. The van der Waals surface area contributed by atoms with Crippen molar-refractivity contribution in [3.05, 3.63) is 66.2 Å². The summed E-state index contributed by atoms with van der Waals surface area (Å²) in [5.41, 5.74) is 3.88. The third kappa shape index (κ3) is 5.29. The summed E-state index contributed by atoms with van der Waals surface area (Å²) in [6.45, 7) is 7.05. The van der Waals surface area contributed by atoms with Crippen molar-refractivity contribution in [2.45, 2.75) is 32.8 Å². The molecule has 2 aromatic carbocycles. The second-order valence-corrected chi connectivity index (χ2v) is 6.80. The summed E-state index contributed by atoms with van der Waals surface area (Å²) in [6, 6.07) is 20.3. The van der Waals surface area contributed by atoms with E-state index < -0.39 is 6.10 Å². The number of aliphatic hydroxyl groups is 1. The highest BCUT2D eigenvalue weighted by Crippen LogP contribution is 2.29. The van der Waals surface area contributed by atoms with E-state index in [1.807, 2.05) is 36.4 Å². The lowest BCUT2D eigenvalue weighted by Crippen LogP contribution is -2.30. The Morgan fingerprint density at radius 1 is 0.926 bits per heavy atom. The zero-order valence-corrected chi connectivity index (χ0v) is 17.0. The van der Waals surface area contributed by atoms with E-state index >= 15 is 0 Å². The van der Waals surface area contributed by atoms with Gasteiger partial charge in [-0.3, -0.25) is 0 Å². The Bertz CT molecular complexity index is 832. The first-order chi connectivity index (χ1) is 12.7. The van der Waals surface area contributed by atoms with Crippen LogP contribution >= 0.6 is 12.4 Å². The standard InChI is InChI=1S/C23H28N2O.ClH/c1-3-14-25(15-4-2)17-23(26)20-16-22(18-10-6-5-7-11-18)24-21-13-9-8-12-19(20)21;/h5-13,16,23,26H,3-4,14-15,17H2,1-2H3;1H. The predicted octanol–water partition coefficient (Wildman–Crippen LogP) is 5.48. The van der Waals surface area contributed by atoms with Crippen LogP contribution in [-0.2, 0) is 0 Å². The van der Waals surface area contributed by atoms with Crippen LogP contribution in [0.5, 0.6) is 0 Å². The largest absolute Gasteiger partial charge is 0.387 e. The molecule has 0 radical (unpaired) electrons. The Morgan fingerprint density at radius 3 is 2.22 bits per heavy atom. The molecule has 4 heteroatoms. The number of hydrogen-bond donors (Lipinski definition) is 1. The highest BCUT2D eigenvalue weighted by molar-refractivity contribution is 5.86. The van der Waals surface area contributed by atoms with Gasteiger partial charge in [-0.25, -0.2) is 4.98 Å². The fourth-order valence-corrected chi connectivity index (χ4v) is 3.50. The van der Waals surface area contributed by atoms with Gasteiger partial charge in [-0.2, -0.15) is 0 Å². The smallest absolute Gasteiger partial charge is 0.0924 e. The third-order valence-corrected chi connectivity index (χ3v) is 4.69. The number of hydrogen-bond acceptors (Lipinski definition) is 3. The maximum atomic E-state index is 11.0. The first kappa shape index (κ1) is 21.4. The van der Waals surface area contributed by atoms with E-state index in [9.17, 15) is 5.11 Å². The number of halogens is 1. The van der Waals surface area contributed by atoms with Gasteiger partial charge in [0.25, 0.3) is 0 Å². The summed E-state index contributed by atoms with van der Waals surface area (Å²) in [4.78, 5) is 7.16. The minimum Gasteiger partial charge on any atom is -0.387 e. The van der Waals surface area contributed by atoms with Crippen LogP contribution in [0.3, 0.4) is 0 Å². The molecule has 3 aromatic rings. The van der Waals surface area contributed by atoms with Crippen molar-refractivity contribution >= 4 is 23.3 Å². The van der Waals surface area contributed by atoms with Crippen molar-refractivity contribution in [2.24, 2.45) is 0 Å². The summed E-state index contributed by atoms with van der Waals surface area (Å²) < 4.78 is 0. The first-order valence-electron chi connectivity index (χ1n) is 9.58. The molecule has 0 spiro atoms. The van der Waals surface area contributed by atoms with E-state index in [2.05, 4.69) is 43.0 Å². The molecule has 1 N–H and O–H groups in total. The number of aliphatic hydroxyl groups excluding tert-OH is 1. The Balaban J connectivity index is 0.00000261. The quantitative estimate of drug-likeness (QED) is 0.558. The molecule has 3 nitrogen and oxygen atoms in total. The molecule has 0 aliphatic carbocycles. The molecule has 0 saturated heterocycles. The summed E-state index contributed by atoms with van der Waals surface area (Å²) in [5.74, 6) is 0. The lowest BCUT2D eigenvalue weighted by molar-refractivity contribution is 0.114. The van der Waals surface area contributed by atoms with Gasteiger partial charge in [-0.05, 0) is 43.6 Å². The fraction of sp³-hybridized carbons (Fsp3) is 0.348. The molecule has 0 amide bonds. The van der Waals surface area contributed by atoms with Crippen molar-refractivity contribution in [1.29, 1.82) is 0 Å². The fourth-order valence-electron chi connectivity index (χ4n) is 3.50. The summed E-state index contributed by atoms with van der Waals surface area (Å²) in [6.07, 6.45) is 1.67. The van der Waals surface area contributed by atoms with E-state index in [1.165, 1.54) is 0 Å². The van der Waals surface area contributed by atoms with Crippen LogP contribution in [0.1, 0.15) is 38.4 Å². The SMILES string of the molecule is CCCN(CCC)CC(O)c1cc(-c2ccccc2)nc2ccccc12.Cl. The van der Waals surface area contributed by atoms with Gasteiger partial charge in [0.05, 0.1) is 17.3 Å². The number of benzene rings is 2. The van der Waals surface area contributed by atoms with E-state index in [1.54, 1.807) is 0 Å². The average Bonchev–Trinajstić information content (AvgIpc) is 2.68. The molecular weight excluding hydrogens is 356 g/mol. The molecule has 0 aliphatic heterocycles. The van der Waals surface area contributed by atoms with Crippen LogP contribution in [0.25, 0.3) is 22.2 Å². The first-order valence-corrected chi connectivity index (χ1v) is 9.58. The Labute approximate surface area is 168 Å². The summed E-state index contributed by atoms with van der Waals surface area (Å²) in [5, 5.41) is 12.1. The lowest BCUT2D eigenvalue weighted by atomic mass is 10.00. The van der Waals surface area contributed by atoms with E-state index in [4.69, 9.17) is 4.98 Å². The topological polar surface area (TPSA) is 36.4 Å². The second-order valence-electron chi connectivity index (χ2n) is 6.80. The minimum atomic E-state index is -0.525. The maximum Gasteiger partial charge on any atom is 0.0924 e. The number of para-hydroxylation sites is 1. The molecule has 1 unspecified atom stereocenters. The van der Waals surface area contributed by atoms with Crippen LogP contribution in [0, 0.1) is 0 Å². The second kappa shape index (κ2) is 10.4. The lowest BCUT2D eigenvalue weighted by Gasteiger charge is -2.25. The molecule has 0 saturated carbocycles. The number of nitrogens with zero attached hydrogens (tertiary/aromatic N) is 2. The van der Waals surface area contributed by atoms with E-state index in [-0.39, 0.29) is 12.4 Å². The monoisotopic (exact) mass is 384 g/mol. The van der Waals surface area contributed by atoms with Crippen LogP contribution in [-0.4, -0.2) is 34.6 Å². The highest BCUT2D eigenvalue weighted by Gasteiger charge is 2.17. The minimum absolute atomic E-state index is 0. The molecule has 27 heavy (non-hydrogen) atoms. The number of fused-ring (bicyclic) bond motifs is 1. The maximum absolute atomic E-state index is 11.0. The molecule has 0 bridgehead atoms. The predicted molar refractivity (Wildman–Crippen MR) is 116 cm³/mol. The van der Waals surface area contributed by atoms with Gasteiger partial charge in [-0.15, -0.1) is 12.4 Å². The van der Waals surface area contributed by atoms with Crippen molar-refractivity contribution in [2.75, 3.05) is 19.6 Å². The molecule has 1 aromatic heterocycles. The molecular formula is C23H29ClN2O. The normalized spacial score (nSPS) is 12.1. The van der Waals surface area contributed by atoms with E-state index in [0.717, 1.165) is 53.7 Å². The van der Waals surface area contributed by atoms with Gasteiger partial charge < -0.3 is 10.0 Å². The molecule has 0 aliphatic rings. The number of rotatable bonds is 8. The molecule has 144 valence electrons. The van der Waals surface area contributed by atoms with Gasteiger partial charge >= 0.3 is 0 Å². The van der Waals surface area contributed by atoms with Crippen molar-refractivity contribution in [1.82, 2.24) is 9.88 Å². The Morgan fingerprint density at radius 2 is 1.56 bits per heavy atom. The van der Waals surface area contributed by atoms with Gasteiger partial charge in [0.1, 0.15) is 0 Å². The molecule has 0 fully saturated rings. The van der Waals surface area contributed by atoms with Gasteiger partial charge in [0.15, 0.2) is 0 Å². The average molecular weight is 385 g/mol. The highest BCUT2D eigenvalue weighted by atomic mass is 35.5. The van der Waals surface area contributed by atoms with Gasteiger partial charge in [-0.1, -0.05) is 62.4 Å². The van der Waals surface area contributed by atoms with Crippen LogP contribution in [0.15, 0.2) is 60.7 Å². The number of pyridine rings is 1. The Hall–Kier alpha value is -1.94. The van der Waals surface area contributed by atoms with Crippen LogP contribution in [0.4, 0.5) is 0 Å². The van der Waals surface area contributed by atoms with E-state index in [0.29, 0.717) is 6.54 Å². The van der Waals surface area contributed by atoms with Gasteiger partial charge in [0.2, 0.25) is 0 Å². The zero-order valence-electron chi connectivity index (χ0n) is 16.1. The summed E-state index contributed by atoms with van der Waals surface area (Å²) >= 11 is 0. The Kier molecular flexibility index (Phi) is 8.23.